The number of aryl methyl sites for hydroxylation is 1. The molecule has 1 unspecified atom stereocenters. The van der Waals surface area contributed by atoms with Gasteiger partial charge in [-0.25, -0.2) is 12.8 Å². The van der Waals surface area contributed by atoms with Crippen molar-refractivity contribution >= 4 is 27.0 Å². The third kappa shape index (κ3) is 7.20. The number of methoxy groups -OCH3 is 1. The van der Waals surface area contributed by atoms with Crippen molar-refractivity contribution in [3.05, 3.63) is 87.1 Å². The fraction of sp³-hybridized carbons (Fsp3) is 0.379. The van der Waals surface area contributed by atoms with E-state index in [-0.39, 0.29) is 33.9 Å². The summed E-state index contributed by atoms with van der Waals surface area (Å²) in [6, 6.07) is 9.15. The number of ketones is 1. The van der Waals surface area contributed by atoms with E-state index in [1.165, 1.54) is 29.9 Å². The lowest BCUT2D eigenvalue weighted by Gasteiger charge is -2.27. The van der Waals surface area contributed by atoms with Crippen LogP contribution in [0.2, 0.25) is 0 Å². The first-order valence-electron chi connectivity index (χ1n) is 12.7. The van der Waals surface area contributed by atoms with Gasteiger partial charge in [0.2, 0.25) is 0 Å². The number of ether oxygens (including phenoxy) is 1. The van der Waals surface area contributed by atoms with Gasteiger partial charge < -0.3 is 13.9 Å². The maximum absolute atomic E-state index is 13.9. The van der Waals surface area contributed by atoms with Gasteiger partial charge in [-0.1, -0.05) is 19.1 Å². The highest BCUT2D eigenvalue weighted by molar-refractivity contribution is 7.91. The van der Waals surface area contributed by atoms with E-state index in [9.17, 15) is 27.0 Å². The second-order valence-corrected chi connectivity index (χ2v) is 14.9. The van der Waals surface area contributed by atoms with Crippen LogP contribution in [-0.2, 0) is 34.0 Å². The maximum Gasteiger partial charge on any atom is 0.250 e. The van der Waals surface area contributed by atoms with E-state index in [1.807, 2.05) is 20.8 Å². The summed E-state index contributed by atoms with van der Waals surface area (Å²) in [5, 5.41) is 0. The lowest BCUT2D eigenvalue weighted by molar-refractivity contribution is 0.103. The zero-order valence-electron chi connectivity index (χ0n) is 23.7. The van der Waals surface area contributed by atoms with Crippen LogP contribution in [0.5, 0.6) is 5.75 Å². The van der Waals surface area contributed by atoms with Crippen molar-refractivity contribution in [2.24, 2.45) is 7.05 Å². The first-order valence-corrected chi connectivity index (χ1v) is 15.7. The highest BCUT2D eigenvalue weighted by atomic mass is 32.2. The quantitative estimate of drug-likeness (QED) is 0.273. The fourth-order valence-electron chi connectivity index (χ4n) is 4.08. The van der Waals surface area contributed by atoms with Crippen LogP contribution in [0, 0.1) is 5.82 Å². The van der Waals surface area contributed by atoms with Crippen molar-refractivity contribution in [1.82, 2.24) is 9.29 Å². The molecule has 1 aromatic heterocycles. The minimum absolute atomic E-state index is 0.0462. The van der Waals surface area contributed by atoms with Crippen LogP contribution < -0.4 is 15.0 Å². The number of carbonyl (C=O) groups excluding carboxylic acids is 1. The van der Waals surface area contributed by atoms with E-state index in [0.717, 1.165) is 12.1 Å². The average Bonchev–Trinajstić information content (AvgIpc) is 2.88. The molecule has 1 N–H and O–H groups in total. The highest BCUT2D eigenvalue weighted by Crippen LogP contribution is 2.35. The predicted molar refractivity (Wildman–Crippen MR) is 156 cm³/mol. The summed E-state index contributed by atoms with van der Waals surface area (Å²) >= 11 is -1.47. The number of nitrogens with one attached hydrogen (secondary N) is 1. The molecule has 40 heavy (non-hydrogen) atoms. The lowest BCUT2D eigenvalue weighted by Crippen LogP contribution is -2.41. The maximum atomic E-state index is 13.9. The molecule has 0 amide bonds. The van der Waals surface area contributed by atoms with Gasteiger partial charge in [-0.05, 0) is 62.6 Å². The SMILES string of the molecule is CCS(=O)(=O)Cc1ccc(C(=O)c2ccc(F)cc2OC)c(-c2cn(C)c(=O)cc2[C@H](C)N[S+]([O-])C(C)(C)C)c1. The van der Waals surface area contributed by atoms with Crippen molar-refractivity contribution in [3.8, 4) is 16.9 Å². The van der Waals surface area contributed by atoms with Gasteiger partial charge in [-0.3, -0.25) is 9.59 Å². The molecule has 216 valence electrons. The number of rotatable bonds is 10. The van der Waals surface area contributed by atoms with Gasteiger partial charge in [0.1, 0.15) is 16.3 Å². The van der Waals surface area contributed by atoms with E-state index in [1.54, 1.807) is 39.2 Å². The summed E-state index contributed by atoms with van der Waals surface area (Å²) in [5.41, 5.74) is 1.80. The Labute approximate surface area is 237 Å². The van der Waals surface area contributed by atoms with E-state index >= 15 is 0 Å². The minimum Gasteiger partial charge on any atom is -0.598 e. The standard InChI is InChI=1S/C29H35FN2O6S2/c1-8-40(36,37)17-19-9-11-21(28(34)22-12-10-20(30)14-26(22)38-7)24(13-19)25-16-32(6)27(33)15-23(25)18(2)31-39(35)29(3,4)5/h9-16,18,31H,8,17H2,1-7H3/t18-,39?/m0/s1. The molecule has 1 heterocycles. The second-order valence-electron chi connectivity index (χ2n) is 10.5. The normalized spacial score (nSPS) is 13.6. The molecule has 0 aliphatic rings. The van der Waals surface area contributed by atoms with Crippen LogP contribution in [-0.4, -0.2) is 40.9 Å². The van der Waals surface area contributed by atoms with Crippen LogP contribution >= 0.6 is 0 Å². The molecule has 0 saturated heterocycles. The van der Waals surface area contributed by atoms with Crippen LogP contribution in [0.15, 0.2) is 53.5 Å². The molecule has 0 aliphatic heterocycles. The molecule has 0 saturated carbocycles. The van der Waals surface area contributed by atoms with E-state index in [4.69, 9.17) is 4.74 Å². The van der Waals surface area contributed by atoms with Gasteiger partial charge in [0.25, 0.3) is 5.56 Å². The zero-order valence-corrected chi connectivity index (χ0v) is 25.3. The van der Waals surface area contributed by atoms with Gasteiger partial charge in [-0.15, -0.1) is 4.72 Å². The molecule has 2 atom stereocenters. The molecule has 11 heteroatoms. The largest absolute Gasteiger partial charge is 0.598 e. The monoisotopic (exact) mass is 590 g/mol. The Morgan fingerprint density at radius 3 is 2.38 bits per heavy atom. The molecule has 3 rings (SSSR count). The van der Waals surface area contributed by atoms with Crippen molar-refractivity contribution in [3.63, 3.8) is 0 Å². The van der Waals surface area contributed by atoms with E-state index in [2.05, 4.69) is 4.72 Å². The highest BCUT2D eigenvalue weighted by Gasteiger charge is 2.30. The smallest absolute Gasteiger partial charge is 0.250 e. The number of hydrogen-bond donors (Lipinski definition) is 1. The zero-order chi connectivity index (χ0) is 30.0. The van der Waals surface area contributed by atoms with Gasteiger partial charge in [0, 0.05) is 53.6 Å². The predicted octanol–water partition coefficient (Wildman–Crippen LogP) is 4.48. The summed E-state index contributed by atoms with van der Waals surface area (Å²) < 4.78 is 60.8. The van der Waals surface area contributed by atoms with Gasteiger partial charge >= 0.3 is 0 Å². The Bertz CT molecular complexity index is 1580. The molecule has 3 aromatic rings. The van der Waals surface area contributed by atoms with Crippen LogP contribution in [0.1, 0.15) is 67.7 Å². The fourth-order valence-corrected chi connectivity index (χ4v) is 5.78. The third-order valence-electron chi connectivity index (χ3n) is 6.42. The molecule has 0 fully saturated rings. The van der Waals surface area contributed by atoms with Crippen LogP contribution in [0.3, 0.4) is 0 Å². The molecule has 8 nitrogen and oxygen atoms in total. The first kappa shape index (κ1) is 31.5. The molecule has 0 radical (unpaired) electrons. The molecule has 0 aliphatic carbocycles. The lowest BCUT2D eigenvalue weighted by atomic mass is 9.89. The summed E-state index contributed by atoms with van der Waals surface area (Å²) in [7, 11) is -0.502. The van der Waals surface area contributed by atoms with Crippen molar-refractivity contribution in [2.45, 2.75) is 51.2 Å². The Morgan fingerprint density at radius 2 is 1.77 bits per heavy atom. The molecular formula is C29H35FN2O6S2. The number of carbonyl (C=O) groups is 1. The van der Waals surface area contributed by atoms with Crippen LogP contribution in [0.4, 0.5) is 4.39 Å². The van der Waals surface area contributed by atoms with Gasteiger partial charge in [0.05, 0.1) is 24.5 Å². The number of halogens is 1. The Balaban J connectivity index is 2.30. The molecule has 2 aromatic carbocycles. The third-order valence-corrected chi connectivity index (χ3v) is 9.75. The Morgan fingerprint density at radius 1 is 1.12 bits per heavy atom. The van der Waals surface area contributed by atoms with Crippen LogP contribution in [0.25, 0.3) is 11.1 Å². The second kappa shape index (κ2) is 12.3. The summed E-state index contributed by atoms with van der Waals surface area (Å²) in [4.78, 5) is 26.6. The number of hydrogen-bond acceptors (Lipinski definition) is 7. The first-order chi connectivity index (χ1) is 18.6. The average molecular weight is 591 g/mol. The molecular weight excluding hydrogens is 555 g/mol. The van der Waals surface area contributed by atoms with Gasteiger partial charge in [-0.2, -0.15) is 0 Å². The number of pyridine rings is 1. The summed E-state index contributed by atoms with van der Waals surface area (Å²) in [6.07, 6.45) is 1.57. The minimum atomic E-state index is -3.40. The number of benzene rings is 2. The Hall–Kier alpha value is -2.99. The van der Waals surface area contributed by atoms with E-state index in [0.29, 0.717) is 22.3 Å². The van der Waals surface area contributed by atoms with Gasteiger partial charge in [0.15, 0.2) is 15.6 Å². The summed E-state index contributed by atoms with van der Waals surface area (Å²) in [5.74, 6) is -1.30. The van der Waals surface area contributed by atoms with Crippen molar-refractivity contribution in [1.29, 1.82) is 0 Å². The number of nitrogens with zero attached hydrogens (tertiary/aromatic N) is 1. The topological polar surface area (TPSA) is 118 Å². The Kier molecular flexibility index (Phi) is 9.66. The summed E-state index contributed by atoms with van der Waals surface area (Å²) in [6.45, 7) is 8.77. The molecule has 0 spiro atoms. The van der Waals surface area contributed by atoms with Crippen molar-refractivity contribution < 1.29 is 26.9 Å². The molecule has 0 bridgehead atoms. The van der Waals surface area contributed by atoms with Crippen molar-refractivity contribution in [2.75, 3.05) is 12.9 Å². The number of aromatic nitrogens is 1. The number of sulfone groups is 1. The van der Waals surface area contributed by atoms with E-state index < -0.39 is 43.6 Å².